The monoisotopic (exact) mass is 367 g/mol. The van der Waals surface area contributed by atoms with Gasteiger partial charge in [0.1, 0.15) is 5.69 Å². The number of aromatic nitrogens is 1. The van der Waals surface area contributed by atoms with Crippen LogP contribution < -0.4 is 0 Å². The minimum Gasteiger partial charge on any atom is -0.340 e. The maximum atomic E-state index is 13.3. The molecule has 2 saturated heterocycles. The summed E-state index contributed by atoms with van der Waals surface area (Å²) in [5.74, 6) is 0.284. The molecule has 5 heteroatoms. The Bertz CT molecular complexity index is 914. The van der Waals surface area contributed by atoms with Crippen LogP contribution in [0.25, 0.3) is 10.9 Å². The van der Waals surface area contributed by atoms with E-state index in [-0.39, 0.29) is 23.3 Å². The Hall–Kier alpha value is -2.30. The van der Waals surface area contributed by atoms with Crippen molar-refractivity contribution in [3.05, 3.63) is 35.5 Å². The van der Waals surface area contributed by atoms with E-state index in [1.807, 2.05) is 33.5 Å². The molecule has 1 atom stereocenters. The zero-order valence-electron chi connectivity index (χ0n) is 16.8. The highest BCUT2D eigenvalue weighted by molar-refractivity contribution is 6.00. The first kappa shape index (κ1) is 18.1. The molecule has 144 valence electrons. The standard InChI is InChI=1S/C22H29N3O2/c1-15(2)25-11-6-9-22(21(25)27)10-12-24(14-22)20(26)19-13-17-16(3)7-5-8-18(17)23(19)4/h5,7-8,13,15H,6,9-12,14H2,1-4H3/t22-/m1/s1. The topological polar surface area (TPSA) is 45.6 Å². The Morgan fingerprint density at radius 2 is 1.96 bits per heavy atom. The number of carbonyl (C=O) groups excluding carboxylic acids is 2. The van der Waals surface area contributed by atoms with Gasteiger partial charge in [-0.05, 0) is 57.7 Å². The third-order valence-corrected chi connectivity index (χ3v) is 6.56. The van der Waals surface area contributed by atoms with E-state index in [4.69, 9.17) is 0 Å². The average Bonchev–Trinajstić information content (AvgIpc) is 3.21. The largest absolute Gasteiger partial charge is 0.340 e. The molecule has 0 saturated carbocycles. The number of hydrogen-bond acceptors (Lipinski definition) is 2. The molecule has 4 rings (SSSR count). The zero-order valence-corrected chi connectivity index (χ0v) is 16.8. The number of rotatable bonds is 2. The second kappa shape index (κ2) is 6.39. The first-order valence-electron chi connectivity index (χ1n) is 9.99. The lowest BCUT2D eigenvalue weighted by Crippen LogP contribution is -2.52. The molecule has 0 unspecified atom stereocenters. The number of benzene rings is 1. The number of piperidine rings is 1. The molecule has 0 bridgehead atoms. The predicted molar refractivity (Wildman–Crippen MR) is 107 cm³/mol. The van der Waals surface area contributed by atoms with Crippen LogP contribution in [0.2, 0.25) is 0 Å². The van der Waals surface area contributed by atoms with Crippen LogP contribution in [0.1, 0.15) is 49.2 Å². The van der Waals surface area contributed by atoms with Crippen LogP contribution in [0.5, 0.6) is 0 Å². The normalized spacial score (nSPS) is 23.2. The molecular formula is C22H29N3O2. The minimum absolute atomic E-state index is 0.0412. The lowest BCUT2D eigenvalue weighted by molar-refractivity contribution is -0.147. The van der Waals surface area contributed by atoms with Gasteiger partial charge in [-0.25, -0.2) is 0 Å². The molecular weight excluding hydrogens is 338 g/mol. The van der Waals surface area contributed by atoms with Crippen LogP contribution in [-0.2, 0) is 11.8 Å². The smallest absolute Gasteiger partial charge is 0.270 e. The number of amides is 2. The van der Waals surface area contributed by atoms with Gasteiger partial charge in [0.05, 0.1) is 5.41 Å². The summed E-state index contributed by atoms with van der Waals surface area (Å²) in [6.45, 7) is 8.28. The average molecular weight is 367 g/mol. The molecule has 2 amide bonds. The van der Waals surface area contributed by atoms with Crippen LogP contribution in [0.4, 0.5) is 0 Å². The van der Waals surface area contributed by atoms with Crippen molar-refractivity contribution in [2.45, 2.75) is 46.1 Å². The number of aryl methyl sites for hydroxylation is 2. The van der Waals surface area contributed by atoms with Gasteiger partial charge in [-0.3, -0.25) is 9.59 Å². The molecule has 27 heavy (non-hydrogen) atoms. The van der Waals surface area contributed by atoms with Gasteiger partial charge in [-0.1, -0.05) is 12.1 Å². The molecule has 2 fully saturated rings. The maximum Gasteiger partial charge on any atom is 0.270 e. The summed E-state index contributed by atoms with van der Waals surface area (Å²) in [4.78, 5) is 30.3. The Kier molecular flexibility index (Phi) is 4.28. The van der Waals surface area contributed by atoms with Gasteiger partial charge >= 0.3 is 0 Å². The number of likely N-dealkylation sites (tertiary alicyclic amines) is 2. The van der Waals surface area contributed by atoms with E-state index >= 15 is 0 Å². The van der Waals surface area contributed by atoms with Gasteiger partial charge < -0.3 is 14.4 Å². The number of carbonyl (C=O) groups is 2. The van der Waals surface area contributed by atoms with Crippen LogP contribution in [0.15, 0.2) is 24.3 Å². The summed E-state index contributed by atoms with van der Waals surface area (Å²) in [7, 11) is 1.95. The Labute approximate surface area is 160 Å². The second-order valence-electron chi connectivity index (χ2n) is 8.55. The van der Waals surface area contributed by atoms with Crippen LogP contribution in [0, 0.1) is 12.3 Å². The molecule has 2 aliphatic rings. The molecule has 2 aliphatic heterocycles. The van der Waals surface area contributed by atoms with Gasteiger partial charge in [0, 0.05) is 43.6 Å². The fraction of sp³-hybridized carbons (Fsp3) is 0.545. The summed E-state index contributed by atoms with van der Waals surface area (Å²) in [5.41, 5.74) is 2.58. The second-order valence-corrected chi connectivity index (χ2v) is 8.55. The maximum absolute atomic E-state index is 13.3. The fourth-order valence-electron chi connectivity index (χ4n) is 4.89. The Morgan fingerprint density at radius 3 is 2.67 bits per heavy atom. The molecule has 2 aromatic rings. The van der Waals surface area contributed by atoms with Gasteiger partial charge in [0.25, 0.3) is 5.91 Å². The summed E-state index contributed by atoms with van der Waals surface area (Å²) >= 11 is 0. The Balaban J connectivity index is 1.61. The van der Waals surface area contributed by atoms with E-state index in [9.17, 15) is 9.59 Å². The third-order valence-electron chi connectivity index (χ3n) is 6.56. The van der Waals surface area contributed by atoms with Crippen molar-refractivity contribution < 1.29 is 9.59 Å². The van der Waals surface area contributed by atoms with Crippen LogP contribution in [0.3, 0.4) is 0 Å². The van der Waals surface area contributed by atoms with E-state index in [1.54, 1.807) is 0 Å². The van der Waals surface area contributed by atoms with E-state index in [0.29, 0.717) is 18.8 Å². The summed E-state index contributed by atoms with van der Waals surface area (Å²) in [6, 6.07) is 8.37. The number of fused-ring (bicyclic) bond motifs is 1. The van der Waals surface area contributed by atoms with E-state index in [1.165, 1.54) is 5.56 Å². The highest BCUT2D eigenvalue weighted by atomic mass is 16.2. The first-order valence-corrected chi connectivity index (χ1v) is 9.99. The van der Waals surface area contributed by atoms with Crippen molar-refractivity contribution in [1.29, 1.82) is 0 Å². The zero-order chi connectivity index (χ0) is 19.3. The number of nitrogens with zero attached hydrogens (tertiary/aromatic N) is 3. The van der Waals surface area contributed by atoms with Crippen molar-refractivity contribution in [3.63, 3.8) is 0 Å². The summed E-state index contributed by atoms with van der Waals surface area (Å²) in [5, 5.41) is 1.12. The van der Waals surface area contributed by atoms with Gasteiger partial charge in [0.15, 0.2) is 0 Å². The fourth-order valence-corrected chi connectivity index (χ4v) is 4.89. The molecule has 3 heterocycles. The van der Waals surface area contributed by atoms with Gasteiger partial charge in [0.2, 0.25) is 5.91 Å². The molecule has 5 nitrogen and oxygen atoms in total. The van der Waals surface area contributed by atoms with Crippen molar-refractivity contribution in [2.75, 3.05) is 19.6 Å². The highest BCUT2D eigenvalue weighted by Crippen LogP contribution is 2.41. The molecule has 0 radical (unpaired) electrons. The molecule has 1 aromatic carbocycles. The van der Waals surface area contributed by atoms with Crippen LogP contribution >= 0.6 is 0 Å². The third kappa shape index (κ3) is 2.75. The summed E-state index contributed by atoms with van der Waals surface area (Å²) < 4.78 is 1.98. The van der Waals surface area contributed by atoms with Gasteiger partial charge in [-0.2, -0.15) is 0 Å². The summed E-state index contributed by atoms with van der Waals surface area (Å²) in [6.07, 6.45) is 2.70. The van der Waals surface area contributed by atoms with Crippen molar-refractivity contribution in [3.8, 4) is 0 Å². The number of hydrogen-bond donors (Lipinski definition) is 0. The van der Waals surface area contributed by atoms with Gasteiger partial charge in [-0.15, -0.1) is 0 Å². The first-order chi connectivity index (χ1) is 12.8. The van der Waals surface area contributed by atoms with E-state index in [0.717, 1.165) is 36.7 Å². The highest BCUT2D eigenvalue weighted by Gasteiger charge is 2.50. The lowest BCUT2D eigenvalue weighted by atomic mass is 9.78. The SMILES string of the molecule is Cc1cccc2c1cc(C(=O)N1CC[C@]3(CCCN(C(C)C)C3=O)C1)n2C. The van der Waals surface area contributed by atoms with Crippen molar-refractivity contribution in [2.24, 2.45) is 12.5 Å². The van der Waals surface area contributed by atoms with E-state index < -0.39 is 0 Å². The van der Waals surface area contributed by atoms with Crippen molar-refractivity contribution >= 4 is 22.7 Å². The molecule has 1 spiro atoms. The minimum atomic E-state index is -0.376. The molecule has 0 aliphatic carbocycles. The Morgan fingerprint density at radius 1 is 1.19 bits per heavy atom. The molecule has 0 N–H and O–H groups in total. The quantitative estimate of drug-likeness (QED) is 0.817. The molecule has 1 aromatic heterocycles. The lowest BCUT2D eigenvalue weighted by Gasteiger charge is -2.41. The predicted octanol–water partition coefficient (Wildman–Crippen LogP) is 3.35. The van der Waals surface area contributed by atoms with Crippen LogP contribution in [-0.4, -0.2) is 51.9 Å². The van der Waals surface area contributed by atoms with E-state index in [2.05, 4.69) is 32.9 Å². The van der Waals surface area contributed by atoms with Crippen molar-refractivity contribution in [1.82, 2.24) is 14.4 Å².